The van der Waals surface area contributed by atoms with Gasteiger partial charge in [0.05, 0.1) is 16.7 Å². The summed E-state index contributed by atoms with van der Waals surface area (Å²) < 4.78 is 12.2. The summed E-state index contributed by atoms with van der Waals surface area (Å²) >= 11 is 5.69. The minimum absolute atomic E-state index is 0.0577. The van der Waals surface area contributed by atoms with E-state index in [0.29, 0.717) is 48.1 Å². The number of nitrogens with one attached hydrogen (secondary N) is 4. The molecule has 7 rings (SSSR count). The van der Waals surface area contributed by atoms with E-state index in [1.165, 1.54) is 60.7 Å². The zero-order valence-corrected chi connectivity index (χ0v) is 31.4. The first-order valence-corrected chi connectivity index (χ1v) is 18.6. The zero-order valence-electron chi connectivity index (χ0n) is 30.6. The van der Waals surface area contributed by atoms with Crippen molar-refractivity contribution in [3.05, 3.63) is 124 Å². The van der Waals surface area contributed by atoms with Gasteiger partial charge < -0.3 is 61.4 Å². The number of hydrogen-bond acceptors (Lipinski definition) is 12. The van der Waals surface area contributed by atoms with Crippen molar-refractivity contribution in [3.63, 3.8) is 0 Å². The van der Waals surface area contributed by atoms with Crippen LogP contribution in [0.4, 0.5) is 5.69 Å². The highest BCUT2D eigenvalue weighted by Crippen LogP contribution is 2.57. The summed E-state index contributed by atoms with van der Waals surface area (Å²) in [6, 6.07) is 22.0. The van der Waals surface area contributed by atoms with Crippen molar-refractivity contribution >= 4 is 40.8 Å². The molecule has 0 fully saturated rings. The van der Waals surface area contributed by atoms with Crippen molar-refractivity contribution in [2.24, 2.45) is 0 Å². The predicted molar refractivity (Wildman–Crippen MR) is 214 cm³/mol. The number of esters is 1. The lowest BCUT2D eigenvalue weighted by molar-refractivity contribution is 0.0224. The van der Waals surface area contributed by atoms with Gasteiger partial charge in [-0.15, -0.1) is 0 Å². The fraction of sp³-hybridized carbons (Fsp3) is 0.190. The van der Waals surface area contributed by atoms with Crippen LogP contribution in [0.5, 0.6) is 46.0 Å². The number of para-hydroxylation sites is 2. The minimum atomic E-state index is -1.43. The van der Waals surface area contributed by atoms with Gasteiger partial charge in [0.2, 0.25) is 0 Å². The lowest BCUT2D eigenvalue weighted by atomic mass is 9.77. The fourth-order valence-corrected chi connectivity index (χ4v) is 7.43. The Morgan fingerprint density at radius 3 is 1.72 bits per heavy atom. The summed E-state index contributed by atoms with van der Waals surface area (Å²) in [5.41, 5.74) is 0.661. The molecule has 1 spiro atoms. The molecule has 2 heterocycles. The second-order valence-corrected chi connectivity index (χ2v) is 14.1. The van der Waals surface area contributed by atoms with Gasteiger partial charge in [0.25, 0.3) is 11.8 Å². The third-order valence-corrected chi connectivity index (χ3v) is 10.1. The van der Waals surface area contributed by atoms with Crippen molar-refractivity contribution in [2.45, 2.75) is 37.3 Å². The maximum Gasteiger partial charge on any atom is 0.340 e. The van der Waals surface area contributed by atoms with Gasteiger partial charge in [0.1, 0.15) is 23.0 Å². The van der Waals surface area contributed by atoms with E-state index in [1.807, 2.05) is 0 Å². The highest BCUT2D eigenvalue weighted by molar-refractivity contribution is 7.80. The summed E-state index contributed by atoms with van der Waals surface area (Å²) in [6.07, 6.45) is 1.95. The molecule has 0 unspecified atom stereocenters. The molecule has 10 N–H and O–H groups in total. The molecule has 298 valence electrons. The van der Waals surface area contributed by atoms with Crippen molar-refractivity contribution in [2.75, 3.05) is 18.4 Å². The number of rotatable bonds is 12. The monoisotopic (exact) mass is 806 g/mol. The Bertz CT molecular complexity index is 2330. The van der Waals surface area contributed by atoms with Crippen LogP contribution in [-0.2, 0) is 10.3 Å². The first-order valence-electron chi connectivity index (χ1n) is 18.2. The normalized spacial score (nSPS) is 13.1. The third-order valence-electron chi connectivity index (χ3n) is 9.92. The van der Waals surface area contributed by atoms with Gasteiger partial charge in [-0.2, -0.15) is 0 Å². The van der Waals surface area contributed by atoms with Gasteiger partial charge in [-0.3, -0.25) is 9.59 Å². The van der Waals surface area contributed by atoms with Crippen LogP contribution in [0.25, 0.3) is 0 Å². The molecule has 0 aliphatic carbocycles. The quantitative estimate of drug-likeness (QED) is 0.0322. The Hall–Kier alpha value is -7.20. The molecule has 58 heavy (non-hydrogen) atoms. The number of thiocarbonyl (C=S) groups is 1. The number of anilines is 1. The molecule has 0 saturated carbocycles. The number of carbonyl (C=O) groups excluding carboxylic acids is 3. The van der Waals surface area contributed by atoms with Crippen molar-refractivity contribution in [1.29, 1.82) is 0 Å². The molecule has 5 aromatic carbocycles. The topological polar surface area (TPSA) is 239 Å². The predicted octanol–water partition coefficient (Wildman–Crippen LogP) is 5.56. The Morgan fingerprint density at radius 1 is 0.672 bits per heavy atom. The number of phenolic OH excluding ortho intramolecular Hbond substituents is 6. The van der Waals surface area contributed by atoms with Gasteiger partial charge in [-0.05, 0) is 98.6 Å². The van der Waals surface area contributed by atoms with Crippen LogP contribution in [0, 0.1) is 0 Å². The van der Waals surface area contributed by atoms with Gasteiger partial charge in [0, 0.05) is 53.6 Å². The van der Waals surface area contributed by atoms with Crippen LogP contribution in [0.3, 0.4) is 0 Å². The SMILES string of the molecule is O=C1OC2(c3ccc(O)cc3Oc3cc(O)ccc32)c2ccc(NC(=S)NC(CCCNC(=O)c3cccc(O)c3O)CCCNC(=O)c3cccc(O)c3O)cc21. The van der Waals surface area contributed by atoms with Gasteiger partial charge in [-0.25, -0.2) is 4.79 Å². The highest BCUT2D eigenvalue weighted by atomic mass is 32.1. The molecule has 0 bridgehead atoms. The lowest BCUT2D eigenvalue weighted by Gasteiger charge is -2.36. The molecule has 16 heteroatoms. The summed E-state index contributed by atoms with van der Waals surface area (Å²) in [6.45, 7) is 0.454. The number of hydrogen-bond donors (Lipinski definition) is 10. The second kappa shape index (κ2) is 16.1. The molecular weight excluding hydrogens is 769 g/mol. The second-order valence-electron chi connectivity index (χ2n) is 13.7. The van der Waals surface area contributed by atoms with E-state index in [9.17, 15) is 45.0 Å². The summed E-state index contributed by atoms with van der Waals surface area (Å²) in [5.74, 6) is -3.20. The first-order chi connectivity index (χ1) is 27.8. The molecule has 2 aliphatic heterocycles. The lowest BCUT2D eigenvalue weighted by Crippen LogP contribution is -2.39. The summed E-state index contributed by atoms with van der Waals surface area (Å²) in [4.78, 5) is 38.9. The Labute approximate surface area is 336 Å². The third kappa shape index (κ3) is 7.64. The standard InChI is InChI=1S/C42H38N4O11S/c47-24-12-15-30-34(20-24)56-35-21-25(48)13-16-31(35)42(30)29-14-11-23(19-28(29)40(55)57-42)46-41(58)45-22(5-3-17-43-38(53)26-7-1-9-32(49)36(26)51)6-4-18-44-39(54)27-8-2-10-33(50)37(27)52/h1-2,7-16,19-22,47-52H,3-6,17-18H2,(H,43,53)(H,44,54)(H2,45,46,58). The number of fused-ring (bicyclic) bond motifs is 6. The molecule has 2 amide bonds. The van der Waals surface area contributed by atoms with Crippen molar-refractivity contribution in [3.8, 4) is 46.0 Å². The number of phenols is 6. The van der Waals surface area contributed by atoms with Gasteiger partial charge in [-0.1, -0.05) is 18.2 Å². The Kier molecular flexibility index (Phi) is 10.8. The largest absolute Gasteiger partial charge is 0.508 e. The van der Waals surface area contributed by atoms with E-state index >= 15 is 0 Å². The first kappa shape index (κ1) is 39.1. The van der Waals surface area contributed by atoms with Gasteiger partial charge in [0.15, 0.2) is 33.7 Å². The van der Waals surface area contributed by atoms with Crippen LogP contribution in [0.2, 0.25) is 0 Å². The van der Waals surface area contributed by atoms with E-state index in [1.54, 1.807) is 30.3 Å². The average Bonchev–Trinajstić information content (AvgIpc) is 3.47. The number of aromatic hydroxyl groups is 6. The maximum atomic E-state index is 13.6. The number of benzene rings is 5. The van der Waals surface area contributed by atoms with E-state index in [0.717, 1.165) is 0 Å². The van der Waals surface area contributed by atoms with Crippen LogP contribution in [-0.4, -0.2) is 72.7 Å². The zero-order chi connectivity index (χ0) is 41.1. The molecule has 0 saturated heterocycles. The van der Waals surface area contributed by atoms with E-state index in [2.05, 4.69) is 21.3 Å². The Morgan fingerprint density at radius 2 is 1.19 bits per heavy atom. The summed E-state index contributed by atoms with van der Waals surface area (Å²) in [7, 11) is 0. The molecule has 15 nitrogen and oxygen atoms in total. The molecule has 2 aliphatic rings. The number of amides is 2. The van der Waals surface area contributed by atoms with Crippen LogP contribution >= 0.6 is 12.2 Å². The minimum Gasteiger partial charge on any atom is -0.508 e. The number of ether oxygens (including phenoxy) is 2. The number of carbonyl (C=O) groups is 3. The molecule has 0 aromatic heterocycles. The summed E-state index contributed by atoms with van der Waals surface area (Å²) in [5, 5.41) is 72.2. The van der Waals surface area contributed by atoms with Crippen LogP contribution < -0.4 is 26.0 Å². The van der Waals surface area contributed by atoms with Gasteiger partial charge >= 0.3 is 5.97 Å². The molecule has 5 aromatic rings. The van der Waals surface area contributed by atoms with E-state index in [-0.39, 0.29) is 63.9 Å². The van der Waals surface area contributed by atoms with Crippen molar-refractivity contribution < 1.29 is 54.5 Å². The van der Waals surface area contributed by atoms with E-state index in [4.69, 9.17) is 21.7 Å². The Balaban J connectivity index is 1.04. The highest BCUT2D eigenvalue weighted by Gasteiger charge is 2.53. The maximum absolute atomic E-state index is 13.6. The smallest absolute Gasteiger partial charge is 0.340 e. The molecule has 0 radical (unpaired) electrons. The van der Waals surface area contributed by atoms with Crippen molar-refractivity contribution in [1.82, 2.24) is 16.0 Å². The average molecular weight is 807 g/mol. The van der Waals surface area contributed by atoms with Crippen LogP contribution in [0.1, 0.15) is 73.4 Å². The fourth-order valence-electron chi connectivity index (χ4n) is 7.14. The van der Waals surface area contributed by atoms with E-state index < -0.39 is 46.4 Å². The molecular formula is C42H38N4O11S. The van der Waals surface area contributed by atoms with Crippen LogP contribution in [0.15, 0.2) is 91.0 Å². The molecule has 0 atom stereocenters.